The Morgan fingerprint density at radius 2 is 2.29 bits per heavy atom. The molecule has 1 heterocycles. The molecule has 5 heteroatoms. The van der Waals surface area contributed by atoms with Gasteiger partial charge in [-0.3, -0.25) is 9.69 Å². The summed E-state index contributed by atoms with van der Waals surface area (Å²) in [4.78, 5) is 13.9. The third kappa shape index (κ3) is 3.43. The molecule has 1 aromatic carbocycles. The fourth-order valence-corrected chi connectivity index (χ4v) is 4.07. The number of hydrogen-bond donors (Lipinski definition) is 1. The summed E-state index contributed by atoms with van der Waals surface area (Å²) in [6.45, 7) is 5.55. The number of carbonyl (C=O) groups is 1. The lowest BCUT2D eigenvalue weighted by Crippen LogP contribution is -2.35. The van der Waals surface area contributed by atoms with E-state index < -0.39 is 11.4 Å². The zero-order valence-corrected chi connectivity index (χ0v) is 14.7. The molecule has 1 fully saturated rings. The third-order valence-electron chi connectivity index (χ3n) is 4.53. The molecule has 116 valence electrons. The Morgan fingerprint density at radius 1 is 1.57 bits per heavy atom. The average molecular weight is 375 g/mol. The highest BCUT2D eigenvalue weighted by Crippen LogP contribution is 2.40. The number of nitrogens with zero attached hydrogens (tertiary/aromatic N) is 1. The van der Waals surface area contributed by atoms with Gasteiger partial charge in [0.1, 0.15) is 0 Å². The second-order valence-corrected chi connectivity index (χ2v) is 7.22. The van der Waals surface area contributed by atoms with Gasteiger partial charge in [0.15, 0.2) is 0 Å². The molecular formula is C16H21BrClNO2. The highest BCUT2D eigenvalue weighted by Gasteiger charge is 2.45. The Hall–Kier alpha value is -0.580. The van der Waals surface area contributed by atoms with Gasteiger partial charge in [0, 0.05) is 22.1 Å². The fraction of sp³-hybridized carbons (Fsp3) is 0.562. The topological polar surface area (TPSA) is 40.5 Å². The predicted molar refractivity (Wildman–Crippen MR) is 88.7 cm³/mol. The summed E-state index contributed by atoms with van der Waals surface area (Å²) in [6, 6.07) is 6.01. The SMILES string of the molecule is CCCC1(C(=O)O)CCN(C(C)c2ccc(Br)cc2Cl)C1. The van der Waals surface area contributed by atoms with E-state index in [1.165, 1.54) is 0 Å². The molecule has 1 saturated heterocycles. The van der Waals surface area contributed by atoms with Gasteiger partial charge in [-0.05, 0) is 44.0 Å². The molecule has 1 aliphatic rings. The first-order valence-electron chi connectivity index (χ1n) is 7.32. The van der Waals surface area contributed by atoms with Crippen LogP contribution >= 0.6 is 27.5 Å². The van der Waals surface area contributed by atoms with Gasteiger partial charge in [0.2, 0.25) is 0 Å². The molecule has 0 aliphatic carbocycles. The predicted octanol–water partition coefficient (Wildman–Crippen LogP) is 4.74. The summed E-state index contributed by atoms with van der Waals surface area (Å²) in [6.07, 6.45) is 2.35. The quantitative estimate of drug-likeness (QED) is 0.809. The number of rotatable bonds is 5. The van der Waals surface area contributed by atoms with Gasteiger partial charge in [-0.2, -0.15) is 0 Å². The smallest absolute Gasteiger partial charge is 0.310 e. The first-order valence-corrected chi connectivity index (χ1v) is 8.49. The maximum atomic E-state index is 11.7. The second-order valence-electron chi connectivity index (χ2n) is 5.90. The van der Waals surface area contributed by atoms with Gasteiger partial charge < -0.3 is 5.11 Å². The maximum Gasteiger partial charge on any atom is 0.310 e. The number of benzene rings is 1. The van der Waals surface area contributed by atoms with Crippen molar-refractivity contribution in [1.29, 1.82) is 0 Å². The minimum Gasteiger partial charge on any atom is -0.481 e. The van der Waals surface area contributed by atoms with Crippen molar-refractivity contribution in [3.63, 3.8) is 0 Å². The molecule has 1 aliphatic heterocycles. The van der Waals surface area contributed by atoms with E-state index in [2.05, 4.69) is 27.8 Å². The van der Waals surface area contributed by atoms with Crippen molar-refractivity contribution in [2.24, 2.45) is 5.41 Å². The summed E-state index contributed by atoms with van der Waals surface area (Å²) < 4.78 is 0.954. The molecule has 0 aromatic heterocycles. The Kier molecular flexibility index (Phi) is 5.33. The molecule has 0 radical (unpaired) electrons. The molecule has 0 spiro atoms. The van der Waals surface area contributed by atoms with E-state index in [9.17, 15) is 9.90 Å². The molecule has 1 aromatic rings. The molecule has 1 N–H and O–H groups in total. The van der Waals surface area contributed by atoms with Gasteiger partial charge >= 0.3 is 5.97 Å². The number of likely N-dealkylation sites (tertiary alicyclic amines) is 1. The highest BCUT2D eigenvalue weighted by molar-refractivity contribution is 9.10. The monoisotopic (exact) mass is 373 g/mol. The molecule has 2 rings (SSSR count). The van der Waals surface area contributed by atoms with Crippen LogP contribution in [0.3, 0.4) is 0 Å². The van der Waals surface area contributed by atoms with E-state index in [0.29, 0.717) is 13.0 Å². The van der Waals surface area contributed by atoms with Crippen LogP contribution in [0.25, 0.3) is 0 Å². The lowest BCUT2D eigenvalue weighted by Gasteiger charge is -2.28. The zero-order valence-electron chi connectivity index (χ0n) is 12.4. The largest absolute Gasteiger partial charge is 0.481 e. The van der Waals surface area contributed by atoms with Crippen molar-refractivity contribution in [2.75, 3.05) is 13.1 Å². The van der Waals surface area contributed by atoms with E-state index in [0.717, 1.165) is 34.4 Å². The van der Waals surface area contributed by atoms with Crippen molar-refractivity contribution in [3.8, 4) is 0 Å². The van der Waals surface area contributed by atoms with E-state index in [1.54, 1.807) is 0 Å². The van der Waals surface area contributed by atoms with Crippen molar-refractivity contribution >= 4 is 33.5 Å². The highest BCUT2D eigenvalue weighted by atomic mass is 79.9. The van der Waals surface area contributed by atoms with Crippen molar-refractivity contribution < 1.29 is 9.90 Å². The second kappa shape index (κ2) is 6.67. The molecule has 3 nitrogen and oxygen atoms in total. The Morgan fingerprint density at radius 3 is 2.86 bits per heavy atom. The lowest BCUT2D eigenvalue weighted by molar-refractivity contribution is -0.148. The molecule has 0 bridgehead atoms. The van der Waals surface area contributed by atoms with Crippen molar-refractivity contribution in [3.05, 3.63) is 33.3 Å². The molecule has 0 saturated carbocycles. The van der Waals surface area contributed by atoms with Crippen LogP contribution in [0, 0.1) is 5.41 Å². The average Bonchev–Trinajstić information content (AvgIpc) is 2.84. The summed E-state index contributed by atoms with van der Waals surface area (Å²) in [5.74, 6) is -0.666. The van der Waals surface area contributed by atoms with Crippen LogP contribution in [-0.2, 0) is 4.79 Å². The molecular weight excluding hydrogens is 354 g/mol. The molecule has 2 unspecified atom stereocenters. The number of hydrogen-bond acceptors (Lipinski definition) is 2. The van der Waals surface area contributed by atoms with Gasteiger partial charge in [-0.1, -0.05) is 46.9 Å². The Balaban J connectivity index is 2.18. The van der Waals surface area contributed by atoms with Crippen LogP contribution in [-0.4, -0.2) is 29.1 Å². The van der Waals surface area contributed by atoms with Crippen LogP contribution in [0.1, 0.15) is 44.7 Å². The zero-order chi connectivity index (χ0) is 15.6. The van der Waals surface area contributed by atoms with Gasteiger partial charge in [-0.15, -0.1) is 0 Å². The maximum absolute atomic E-state index is 11.7. The minimum absolute atomic E-state index is 0.128. The lowest BCUT2D eigenvalue weighted by atomic mass is 9.82. The minimum atomic E-state index is -0.666. The number of halogens is 2. The third-order valence-corrected chi connectivity index (χ3v) is 5.35. The number of aliphatic carboxylic acids is 1. The van der Waals surface area contributed by atoms with Crippen LogP contribution in [0.15, 0.2) is 22.7 Å². The van der Waals surface area contributed by atoms with Crippen molar-refractivity contribution in [2.45, 2.75) is 39.2 Å². The number of carboxylic acid groups (broad SMARTS) is 1. The van der Waals surface area contributed by atoms with Crippen LogP contribution in [0.5, 0.6) is 0 Å². The fourth-order valence-electron chi connectivity index (χ4n) is 3.24. The first kappa shape index (κ1) is 16.8. The van der Waals surface area contributed by atoms with E-state index in [1.807, 2.05) is 25.1 Å². The van der Waals surface area contributed by atoms with E-state index >= 15 is 0 Å². The molecule has 2 atom stereocenters. The standard InChI is InChI=1S/C16H21BrClNO2/c1-3-6-16(15(20)21)7-8-19(10-16)11(2)13-5-4-12(17)9-14(13)18/h4-5,9,11H,3,6-8,10H2,1-2H3,(H,20,21). The summed E-state index contributed by atoms with van der Waals surface area (Å²) in [7, 11) is 0. The number of carboxylic acids is 1. The van der Waals surface area contributed by atoms with Crippen LogP contribution < -0.4 is 0 Å². The van der Waals surface area contributed by atoms with E-state index in [-0.39, 0.29) is 6.04 Å². The molecule has 21 heavy (non-hydrogen) atoms. The summed E-state index contributed by atoms with van der Waals surface area (Å²) in [5, 5.41) is 10.3. The first-order chi connectivity index (χ1) is 9.89. The van der Waals surface area contributed by atoms with Crippen LogP contribution in [0.4, 0.5) is 0 Å². The Bertz CT molecular complexity index is 537. The molecule has 0 amide bonds. The summed E-state index contributed by atoms with van der Waals surface area (Å²) >= 11 is 9.74. The van der Waals surface area contributed by atoms with Crippen LogP contribution in [0.2, 0.25) is 5.02 Å². The Labute approximate surface area is 139 Å². The summed E-state index contributed by atoms with van der Waals surface area (Å²) in [5.41, 5.74) is 0.461. The van der Waals surface area contributed by atoms with Gasteiger partial charge in [0.05, 0.1) is 5.41 Å². The van der Waals surface area contributed by atoms with E-state index in [4.69, 9.17) is 11.6 Å². The van der Waals surface area contributed by atoms with Gasteiger partial charge in [-0.25, -0.2) is 0 Å². The normalized spacial score (nSPS) is 24.2. The van der Waals surface area contributed by atoms with Crippen molar-refractivity contribution in [1.82, 2.24) is 4.90 Å². The van der Waals surface area contributed by atoms with Gasteiger partial charge in [0.25, 0.3) is 0 Å².